The molecule has 0 bridgehead atoms. The number of aryl methyl sites for hydroxylation is 1. The predicted molar refractivity (Wildman–Crippen MR) is 88.4 cm³/mol. The topological polar surface area (TPSA) is 37.4 Å². The number of benzene rings is 2. The largest absolute Gasteiger partial charge is 0.243 e. The van der Waals surface area contributed by atoms with Gasteiger partial charge in [-0.05, 0) is 49.6 Å². The van der Waals surface area contributed by atoms with E-state index in [4.69, 9.17) is 11.6 Å². The second kappa shape index (κ2) is 6.03. The summed E-state index contributed by atoms with van der Waals surface area (Å²) in [6.45, 7) is 2.43. The fourth-order valence-electron chi connectivity index (χ4n) is 2.39. The molecule has 0 aliphatic heterocycles. The molecule has 0 spiro atoms. The van der Waals surface area contributed by atoms with Crippen LogP contribution in [0.1, 0.15) is 24.0 Å². The molecule has 1 fully saturated rings. The third-order valence-electron chi connectivity index (χ3n) is 3.83. The zero-order valence-corrected chi connectivity index (χ0v) is 13.9. The van der Waals surface area contributed by atoms with E-state index >= 15 is 0 Å². The van der Waals surface area contributed by atoms with Crippen molar-refractivity contribution in [2.45, 2.75) is 37.2 Å². The summed E-state index contributed by atoms with van der Waals surface area (Å²) in [5.41, 5.74) is 2.18. The molecular weight excluding hydrogens is 318 g/mol. The zero-order chi connectivity index (χ0) is 15.7. The monoisotopic (exact) mass is 335 g/mol. The SMILES string of the molecule is Cc1ccc(CN(C2CC2)S(=O)(=O)c2ccc(Cl)cc2)cc1. The number of hydrogen-bond acceptors (Lipinski definition) is 2. The van der Waals surface area contributed by atoms with E-state index in [1.807, 2.05) is 31.2 Å². The van der Waals surface area contributed by atoms with E-state index < -0.39 is 10.0 Å². The van der Waals surface area contributed by atoms with Gasteiger partial charge in [-0.25, -0.2) is 8.42 Å². The van der Waals surface area contributed by atoms with Gasteiger partial charge in [0, 0.05) is 17.6 Å². The molecule has 1 saturated carbocycles. The Labute approximate surface area is 136 Å². The molecule has 3 nitrogen and oxygen atoms in total. The van der Waals surface area contributed by atoms with Gasteiger partial charge in [-0.1, -0.05) is 41.4 Å². The molecule has 2 aromatic rings. The summed E-state index contributed by atoms with van der Waals surface area (Å²) in [6.07, 6.45) is 1.86. The molecule has 0 unspecified atom stereocenters. The van der Waals surface area contributed by atoms with Gasteiger partial charge < -0.3 is 0 Å². The van der Waals surface area contributed by atoms with Crippen LogP contribution in [0, 0.1) is 6.92 Å². The van der Waals surface area contributed by atoms with E-state index in [1.54, 1.807) is 28.6 Å². The Hall–Kier alpha value is -1.36. The van der Waals surface area contributed by atoms with Gasteiger partial charge in [-0.3, -0.25) is 0 Å². The van der Waals surface area contributed by atoms with Crippen LogP contribution in [0.3, 0.4) is 0 Å². The summed E-state index contributed by atoms with van der Waals surface area (Å²) in [7, 11) is -3.49. The minimum atomic E-state index is -3.49. The van der Waals surface area contributed by atoms with E-state index in [0.717, 1.165) is 18.4 Å². The molecule has 3 rings (SSSR count). The summed E-state index contributed by atoms with van der Waals surface area (Å²) in [5.74, 6) is 0. The predicted octanol–water partition coefficient (Wildman–Crippen LogP) is 4.00. The Bertz CT molecular complexity index is 750. The van der Waals surface area contributed by atoms with Crippen LogP contribution in [0.2, 0.25) is 5.02 Å². The highest BCUT2D eigenvalue weighted by molar-refractivity contribution is 7.89. The lowest BCUT2D eigenvalue weighted by Crippen LogP contribution is -2.32. The van der Waals surface area contributed by atoms with E-state index in [2.05, 4.69) is 0 Å². The third kappa shape index (κ3) is 3.35. The van der Waals surface area contributed by atoms with Crippen molar-refractivity contribution in [2.24, 2.45) is 0 Å². The number of halogens is 1. The van der Waals surface area contributed by atoms with E-state index in [-0.39, 0.29) is 6.04 Å². The molecule has 5 heteroatoms. The van der Waals surface area contributed by atoms with Gasteiger partial charge in [-0.15, -0.1) is 0 Å². The van der Waals surface area contributed by atoms with E-state index in [1.165, 1.54) is 5.56 Å². The van der Waals surface area contributed by atoms with Crippen LogP contribution in [0.15, 0.2) is 53.4 Å². The first kappa shape index (κ1) is 15.5. The number of rotatable bonds is 5. The quantitative estimate of drug-likeness (QED) is 0.828. The van der Waals surface area contributed by atoms with Crippen LogP contribution in [0.4, 0.5) is 0 Å². The van der Waals surface area contributed by atoms with Crippen LogP contribution in [0.25, 0.3) is 0 Å². The maximum absolute atomic E-state index is 12.9. The van der Waals surface area contributed by atoms with Crippen molar-refractivity contribution in [3.05, 3.63) is 64.7 Å². The molecule has 2 aromatic carbocycles. The van der Waals surface area contributed by atoms with Crippen LogP contribution in [-0.2, 0) is 16.6 Å². The second-order valence-electron chi connectivity index (χ2n) is 5.72. The van der Waals surface area contributed by atoms with Crippen molar-refractivity contribution in [1.29, 1.82) is 0 Å². The van der Waals surface area contributed by atoms with Gasteiger partial charge in [0.1, 0.15) is 0 Å². The number of nitrogens with zero attached hydrogens (tertiary/aromatic N) is 1. The van der Waals surface area contributed by atoms with Crippen molar-refractivity contribution < 1.29 is 8.42 Å². The molecule has 0 radical (unpaired) electrons. The highest BCUT2D eigenvalue weighted by atomic mass is 35.5. The van der Waals surface area contributed by atoms with Crippen molar-refractivity contribution in [3.63, 3.8) is 0 Å². The average molecular weight is 336 g/mol. The Kier molecular flexibility index (Phi) is 4.26. The average Bonchev–Trinajstić information content (AvgIpc) is 3.31. The summed E-state index contributed by atoms with van der Waals surface area (Å²) >= 11 is 5.85. The maximum atomic E-state index is 12.9. The molecule has 0 atom stereocenters. The summed E-state index contributed by atoms with van der Waals surface area (Å²) in [4.78, 5) is 0.302. The number of hydrogen-bond donors (Lipinski definition) is 0. The fourth-order valence-corrected chi connectivity index (χ4v) is 4.19. The molecular formula is C17H18ClNO2S. The molecule has 0 saturated heterocycles. The van der Waals surface area contributed by atoms with E-state index in [9.17, 15) is 8.42 Å². The molecule has 116 valence electrons. The highest BCUT2D eigenvalue weighted by Gasteiger charge is 2.37. The van der Waals surface area contributed by atoms with Crippen molar-refractivity contribution >= 4 is 21.6 Å². The first-order valence-electron chi connectivity index (χ1n) is 7.30. The number of sulfonamides is 1. The lowest BCUT2D eigenvalue weighted by molar-refractivity contribution is 0.398. The lowest BCUT2D eigenvalue weighted by atomic mass is 10.1. The van der Waals surface area contributed by atoms with E-state index in [0.29, 0.717) is 16.5 Å². The van der Waals surface area contributed by atoms with Crippen LogP contribution in [0.5, 0.6) is 0 Å². The second-order valence-corrected chi connectivity index (χ2v) is 8.05. The molecule has 0 N–H and O–H groups in total. The Morgan fingerprint density at radius 2 is 1.64 bits per heavy atom. The molecule has 1 aliphatic rings. The van der Waals surface area contributed by atoms with Crippen molar-refractivity contribution in [3.8, 4) is 0 Å². The first-order chi connectivity index (χ1) is 10.5. The van der Waals surface area contributed by atoms with Gasteiger partial charge in [-0.2, -0.15) is 4.31 Å². The van der Waals surface area contributed by atoms with Crippen LogP contribution >= 0.6 is 11.6 Å². The van der Waals surface area contributed by atoms with Gasteiger partial charge in [0.05, 0.1) is 4.90 Å². The Morgan fingerprint density at radius 3 is 2.18 bits per heavy atom. The fraction of sp³-hybridized carbons (Fsp3) is 0.294. The van der Waals surface area contributed by atoms with Crippen molar-refractivity contribution in [2.75, 3.05) is 0 Å². The molecule has 0 aromatic heterocycles. The van der Waals surface area contributed by atoms with Crippen LogP contribution in [-0.4, -0.2) is 18.8 Å². The smallest absolute Gasteiger partial charge is 0.207 e. The third-order valence-corrected chi connectivity index (χ3v) is 6.00. The molecule has 0 heterocycles. The Balaban J connectivity index is 1.90. The highest BCUT2D eigenvalue weighted by Crippen LogP contribution is 2.33. The zero-order valence-electron chi connectivity index (χ0n) is 12.4. The lowest BCUT2D eigenvalue weighted by Gasteiger charge is -2.22. The van der Waals surface area contributed by atoms with Gasteiger partial charge in [0.2, 0.25) is 10.0 Å². The molecule has 22 heavy (non-hydrogen) atoms. The van der Waals surface area contributed by atoms with Gasteiger partial charge in [0.25, 0.3) is 0 Å². The first-order valence-corrected chi connectivity index (χ1v) is 9.11. The molecule has 0 amide bonds. The minimum Gasteiger partial charge on any atom is -0.207 e. The maximum Gasteiger partial charge on any atom is 0.243 e. The standard InChI is InChI=1S/C17H18ClNO2S/c1-13-2-4-14(5-3-13)12-19(16-8-9-16)22(20,21)17-10-6-15(18)7-11-17/h2-7,10-11,16H,8-9,12H2,1H3. The summed E-state index contributed by atoms with van der Waals surface area (Å²) in [6, 6.07) is 14.5. The molecule has 1 aliphatic carbocycles. The normalized spacial score (nSPS) is 15.2. The van der Waals surface area contributed by atoms with Crippen LogP contribution < -0.4 is 0 Å². The van der Waals surface area contributed by atoms with Gasteiger partial charge >= 0.3 is 0 Å². The summed E-state index contributed by atoms with van der Waals surface area (Å²) < 4.78 is 27.4. The van der Waals surface area contributed by atoms with Gasteiger partial charge in [0.15, 0.2) is 0 Å². The summed E-state index contributed by atoms with van der Waals surface area (Å²) in [5, 5.41) is 0.537. The van der Waals surface area contributed by atoms with Crippen molar-refractivity contribution in [1.82, 2.24) is 4.31 Å². The minimum absolute atomic E-state index is 0.113. The Morgan fingerprint density at radius 1 is 1.05 bits per heavy atom.